The molecule has 4 aromatic rings. The molecule has 0 amide bonds. The maximum atomic E-state index is 6.35. The van der Waals surface area contributed by atoms with E-state index in [2.05, 4.69) is 70.6 Å². The van der Waals surface area contributed by atoms with Crippen LogP contribution in [0.5, 0.6) is 11.5 Å². The smallest absolute Gasteiger partial charge is 0.127 e. The van der Waals surface area contributed by atoms with E-state index in [9.17, 15) is 0 Å². The van der Waals surface area contributed by atoms with Crippen molar-refractivity contribution in [3.05, 3.63) is 77.6 Å². The second-order valence-electron chi connectivity index (χ2n) is 8.35. The topological polar surface area (TPSA) is 50.4 Å². The third-order valence-corrected chi connectivity index (χ3v) is 5.71. The summed E-state index contributed by atoms with van der Waals surface area (Å²) in [7, 11) is 4.10. The fraction of sp³-hybridized carbons (Fsp3) is 0.296. The van der Waals surface area contributed by atoms with Crippen LogP contribution >= 0.6 is 0 Å². The zero-order valence-corrected chi connectivity index (χ0v) is 19.3. The van der Waals surface area contributed by atoms with Gasteiger partial charge in [-0.2, -0.15) is 5.10 Å². The second kappa shape index (κ2) is 9.88. The van der Waals surface area contributed by atoms with Gasteiger partial charge in [0.25, 0.3) is 0 Å². The van der Waals surface area contributed by atoms with E-state index in [0.717, 1.165) is 47.0 Å². The lowest BCUT2D eigenvalue weighted by atomic mass is 9.97. The summed E-state index contributed by atoms with van der Waals surface area (Å²) >= 11 is 0. The van der Waals surface area contributed by atoms with Crippen LogP contribution in [-0.2, 0) is 6.42 Å². The number of benzene rings is 3. The van der Waals surface area contributed by atoms with Gasteiger partial charge in [0.2, 0.25) is 0 Å². The van der Waals surface area contributed by atoms with Gasteiger partial charge < -0.3 is 14.4 Å². The van der Waals surface area contributed by atoms with Gasteiger partial charge in [0.1, 0.15) is 18.1 Å². The van der Waals surface area contributed by atoms with Gasteiger partial charge in [-0.3, -0.25) is 5.10 Å². The van der Waals surface area contributed by atoms with E-state index < -0.39 is 0 Å². The Hall–Kier alpha value is -3.31. The van der Waals surface area contributed by atoms with Gasteiger partial charge in [0.05, 0.1) is 12.3 Å². The van der Waals surface area contributed by atoms with E-state index in [0.29, 0.717) is 13.2 Å². The molecule has 0 fully saturated rings. The van der Waals surface area contributed by atoms with Gasteiger partial charge in [-0.05, 0) is 68.0 Å². The van der Waals surface area contributed by atoms with E-state index in [4.69, 9.17) is 9.47 Å². The van der Waals surface area contributed by atoms with Gasteiger partial charge in [0, 0.05) is 24.2 Å². The van der Waals surface area contributed by atoms with Crippen molar-refractivity contribution in [3.8, 4) is 22.6 Å². The normalized spacial score (nSPS) is 11.3. The van der Waals surface area contributed by atoms with E-state index >= 15 is 0 Å². The van der Waals surface area contributed by atoms with Crippen LogP contribution in [0.15, 0.2) is 60.7 Å². The second-order valence-corrected chi connectivity index (χ2v) is 8.35. The quantitative estimate of drug-likeness (QED) is 0.387. The lowest BCUT2D eigenvalue weighted by Gasteiger charge is -2.16. The van der Waals surface area contributed by atoms with Gasteiger partial charge >= 0.3 is 0 Å². The first-order valence-corrected chi connectivity index (χ1v) is 11.1. The van der Waals surface area contributed by atoms with Gasteiger partial charge in [0.15, 0.2) is 0 Å². The number of aromatic nitrogens is 2. The highest BCUT2D eigenvalue weighted by Gasteiger charge is 2.13. The Bertz CT molecular complexity index is 1180. The van der Waals surface area contributed by atoms with E-state index in [-0.39, 0.29) is 0 Å². The Morgan fingerprint density at radius 2 is 1.75 bits per heavy atom. The number of hydrogen-bond donors (Lipinski definition) is 1. The summed E-state index contributed by atoms with van der Waals surface area (Å²) in [6, 6.07) is 20.9. The zero-order chi connectivity index (χ0) is 22.5. The third-order valence-electron chi connectivity index (χ3n) is 5.71. The van der Waals surface area contributed by atoms with Crippen molar-refractivity contribution in [1.82, 2.24) is 15.1 Å². The molecule has 5 nitrogen and oxygen atoms in total. The zero-order valence-electron chi connectivity index (χ0n) is 19.3. The molecule has 1 N–H and O–H groups in total. The summed E-state index contributed by atoms with van der Waals surface area (Å²) in [6.45, 7) is 6.20. The Morgan fingerprint density at radius 1 is 0.906 bits per heavy atom. The molecule has 32 heavy (non-hydrogen) atoms. The number of ether oxygens (including phenoxy) is 2. The van der Waals surface area contributed by atoms with Crippen LogP contribution in [0.1, 0.15) is 17.0 Å². The number of rotatable bonds is 9. The first-order chi connectivity index (χ1) is 15.5. The predicted octanol–water partition coefficient (Wildman–Crippen LogP) is 5.41. The van der Waals surface area contributed by atoms with Crippen molar-refractivity contribution in [2.24, 2.45) is 0 Å². The largest absolute Gasteiger partial charge is 0.493 e. The Labute approximate surface area is 190 Å². The molecule has 0 radical (unpaired) electrons. The first-order valence-electron chi connectivity index (χ1n) is 11.1. The highest BCUT2D eigenvalue weighted by molar-refractivity contribution is 5.99. The SMILES string of the molecule is Cc1n[nH]c(C)c1CCOc1ccc2ccccc2c1-c1cccc(OCCN(C)C)c1. The molecule has 1 aromatic heterocycles. The number of fused-ring (bicyclic) bond motifs is 1. The highest BCUT2D eigenvalue weighted by Crippen LogP contribution is 2.38. The molecule has 0 aliphatic rings. The summed E-state index contributed by atoms with van der Waals surface area (Å²) in [5.74, 6) is 1.75. The number of aromatic amines is 1. The molecule has 0 aliphatic carbocycles. The minimum absolute atomic E-state index is 0.589. The van der Waals surface area contributed by atoms with E-state index in [1.807, 2.05) is 33.2 Å². The number of H-pyrrole nitrogens is 1. The van der Waals surface area contributed by atoms with Crippen LogP contribution in [0, 0.1) is 13.8 Å². The van der Waals surface area contributed by atoms with Gasteiger partial charge in [-0.1, -0.05) is 42.5 Å². The molecule has 0 aliphatic heterocycles. The molecule has 0 saturated carbocycles. The van der Waals surface area contributed by atoms with Crippen molar-refractivity contribution >= 4 is 10.8 Å². The molecule has 0 atom stereocenters. The number of likely N-dealkylation sites (N-methyl/N-ethyl adjacent to an activating group) is 1. The summed E-state index contributed by atoms with van der Waals surface area (Å²) in [5, 5.41) is 9.71. The first kappa shape index (κ1) is 21.9. The fourth-order valence-electron chi connectivity index (χ4n) is 3.96. The Balaban J connectivity index is 1.63. The summed E-state index contributed by atoms with van der Waals surface area (Å²) in [6.07, 6.45) is 0.814. The van der Waals surface area contributed by atoms with Crippen molar-refractivity contribution in [1.29, 1.82) is 0 Å². The third kappa shape index (κ3) is 4.94. The standard InChI is InChI=1S/C27H31N3O2/c1-19-24(20(2)29-28-19)14-16-32-26-13-12-21-8-5-6-11-25(21)27(26)22-9-7-10-23(18-22)31-17-15-30(3)4/h5-13,18H,14-17H2,1-4H3,(H,28,29). The molecule has 3 aromatic carbocycles. The molecule has 0 spiro atoms. The number of nitrogens with one attached hydrogen (secondary N) is 1. The van der Waals surface area contributed by atoms with Crippen LogP contribution in [-0.4, -0.2) is 49.0 Å². The fourth-order valence-corrected chi connectivity index (χ4v) is 3.96. The number of hydrogen-bond acceptors (Lipinski definition) is 4. The molecule has 0 unspecified atom stereocenters. The number of nitrogens with zero attached hydrogens (tertiary/aromatic N) is 2. The van der Waals surface area contributed by atoms with Crippen LogP contribution in [0.2, 0.25) is 0 Å². The molecule has 166 valence electrons. The van der Waals surface area contributed by atoms with E-state index in [1.165, 1.54) is 16.3 Å². The summed E-state index contributed by atoms with van der Waals surface area (Å²) in [4.78, 5) is 2.12. The van der Waals surface area contributed by atoms with Crippen molar-refractivity contribution in [2.45, 2.75) is 20.3 Å². The van der Waals surface area contributed by atoms with Crippen LogP contribution < -0.4 is 9.47 Å². The Morgan fingerprint density at radius 3 is 2.53 bits per heavy atom. The molecule has 5 heteroatoms. The molecular formula is C27H31N3O2. The molecule has 0 bridgehead atoms. The molecule has 4 rings (SSSR count). The van der Waals surface area contributed by atoms with Crippen LogP contribution in [0.4, 0.5) is 0 Å². The lowest BCUT2D eigenvalue weighted by molar-refractivity contribution is 0.261. The van der Waals surface area contributed by atoms with Crippen molar-refractivity contribution in [3.63, 3.8) is 0 Å². The number of aryl methyl sites for hydroxylation is 2. The lowest BCUT2D eigenvalue weighted by Crippen LogP contribution is -2.19. The minimum Gasteiger partial charge on any atom is -0.493 e. The van der Waals surface area contributed by atoms with Gasteiger partial charge in [-0.25, -0.2) is 0 Å². The van der Waals surface area contributed by atoms with Crippen molar-refractivity contribution < 1.29 is 9.47 Å². The summed E-state index contributed by atoms with van der Waals surface area (Å²) in [5.41, 5.74) is 5.56. The molecule has 1 heterocycles. The molecule has 0 saturated heterocycles. The Kier molecular flexibility index (Phi) is 6.76. The average molecular weight is 430 g/mol. The van der Waals surface area contributed by atoms with Crippen LogP contribution in [0.25, 0.3) is 21.9 Å². The monoisotopic (exact) mass is 429 g/mol. The highest BCUT2D eigenvalue weighted by atomic mass is 16.5. The summed E-state index contributed by atoms with van der Waals surface area (Å²) < 4.78 is 12.3. The van der Waals surface area contributed by atoms with Crippen molar-refractivity contribution in [2.75, 3.05) is 33.9 Å². The van der Waals surface area contributed by atoms with Gasteiger partial charge in [-0.15, -0.1) is 0 Å². The molecular weight excluding hydrogens is 398 g/mol. The maximum Gasteiger partial charge on any atom is 0.127 e. The van der Waals surface area contributed by atoms with Crippen LogP contribution in [0.3, 0.4) is 0 Å². The maximum absolute atomic E-state index is 6.35. The average Bonchev–Trinajstić information content (AvgIpc) is 3.11. The minimum atomic E-state index is 0.589. The predicted molar refractivity (Wildman–Crippen MR) is 131 cm³/mol. The van der Waals surface area contributed by atoms with E-state index in [1.54, 1.807) is 0 Å².